The van der Waals surface area contributed by atoms with Crippen LogP contribution in [0, 0.1) is 0 Å². The molecule has 28 nitrogen and oxygen atoms in total. The van der Waals surface area contributed by atoms with Crippen molar-refractivity contribution in [2.24, 2.45) is 0 Å². The molecule has 0 aromatic carbocycles. The van der Waals surface area contributed by atoms with Gasteiger partial charge in [0.25, 0.3) is 0 Å². The third kappa shape index (κ3) is 113. The molecular weight excluding hydrogens is 1580 g/mol. The number of esters is 4. The van der Waals surface area contributed by atoms with Gasteiger partial charge in [0, 0.05) is 25.7 Å². The molecule has 32 heteroatoms. The first-order valence-corrected chi connectivity index (χ1v) is 50.0. The summed E-state index contributed by atoms with van der Waals surface area (Å²) in [6.07, 6.45) is 76.1. The number of phosphoric acid groups is 3. The lowest BCUT2D eigenvalue weighted by Gasteiger charge is -2.12. The van der Waals surface area contributed by atoms with Crippen LogP contribution in [0.25, 0.3) is 0 Å². The Labute approximate surface area is 699 Å². The first-order chi connectivity index (χ1) is 55.4. The van der Waals surface area contributed by atoms with Crippen molar-refractivity contribution in [2.75, 3.05) is 52.9 Å². The Hall–Kier alpha value is -3.12. The summed E-state index contributed by atoms with van der Waals surface area (Å²) < 4.78 is 96.3. The molecule has 0 aromatic heterocycles. The van der Waals surface area contributed by atoms with Crippen molar-refractivity contribution in [1.82, 2.24) is 0 Å². The molecule has 688 valence electrons. The van der Waals surface area contributed by atoms with E-state index >= 15 is 0 Å². The van der Waals surface area contributed by atoms with Crippen LogP contribution in [-0.2, 0) is 80.0 Å². The molecule has 0 aromatic rings. The number of phosphoric ester groups is 3. The van der Waals surface area contributed by atoms with Gasteiger partial charge in [0.15, 0.2) is 0 Å². The van der Waals surface area contributed by atoms with Gasteiger partial charge in [-0.25, -0.2) is 17.9 Å². The van der Waals surface area contributed by atoms with E-state index in [0.29, 0.717) is 0 Å². The van der Waals surface area contributed by atoms with E-state index < -0.39 is 109 Å². The Bertz CT molecular complexity index is 2600. The zero-order chi connectivity index (χ0) is 87.2. The average Bonchev–Trinajstić information content (AvgIpc) is 0.974. The van der Waals surface area contributed by atoms with E-state index in [2.05, 4.69) is 94.1 Å². The molecule has 116 heavy (non-hydrogen) atoms. The summed E-state index contributed by atoms with van der Waals surface area (Å²) in [7, 11) is -18.5. The van der Waals surface area contributed by atoms with E-state index in [1.54, 1.807) is 0 Å². The van der Waals surface area contributed by atoms with Crippen molar-refractivity contribution in [3.05, 3.63) is 48.6 Å². The van der Waals surface area contributed by atoms with Gasteiger partial charge in [-0.2, -0.15) is 8.42 Å². The molecule has 0 bridgehead atoms. The fourth-order valence-electron chi connectivity index (χ4n) is 11.3. The molecule has 0 unspecified atom stereocenters. The number of allylic oxidation sites excluding steroid dienone is 8. The molecule has 0 spiro atoms. The first-order valence-electron chi connectivity index (χ1n) is 44.1. The summed E-state index contributed by atoms with van der Waals surface area (Å²) in [6.45, 7) is 5.21. The molecule has 0 amide bonds. The van der Waals surface area contributed by atoms with Crippen LogP contribution in [0.15, 0.2) is 48.6 Å². The van der Waals surface area contributed by atoms with Crippen LogP contribution in [0.3, 0.4) is 0 Å². The second-order valence-corrected chi connectivity index (χ2v) is 34.6. The highest BCUT2D eigenvalue weighted by Gasteiger charge is 2.21. The van der Waals surface area contributed by atoms with Crippen molar-refractivity contribution in [3.8, 4) is 0 Å². The van der Waals surface area contributed by atoms with Crippen molar-refractivity contribution >= 4 is 57.7 Å². The number of rotatable bonds is 80. The van der Waals surface area contributed by atoms with Crippen molar-refractivity contribution in [3.63, 3.8) is 0 Å². The van der Waals surface area contributed by atoms with Gasteiger partial charge in [-0.05, 0) is 128 Å². The van der Waals surface area contributed by atoms with Crippen molar-refractivity contribution < 1.29 is 132 Å². The van der Waals surface area contributed by atoms with Crippen LogP contribution in [0.5, 0.6) is 0 Å². The van der Waals surface area contributed by atoms with Gasteiger partial charge in [-0.3, -0.25) is 37.3 Å². The monoisotopic (exact) mass is 1750 g/mol. The Kier molecular flexibility index (Phi) is 90.6. The third-order valence-electron chi connectivity index (χ3n) is 18.0. The zero-order valence-electron chi connectivity index (χ0n) is 71.8. The summed E-state index contributed by atoms with van der Waals surface area (Å²) in [6, 6.07) is 0. The fourth-order valence-corrected chi connectivity index (χ4v) is 12.7. The van der Waals surface area contributed by atoms with Gasteiger partial charge in [0.2, 0.25) is 0 Å². The van der Waals surface area contributed by atoms with Crippen molar-refractivity contribution in [1.29, 1.82) is 0 Å². The van der Waals surface area contributed by atoms with E-state index in [1.165, 1.54) is 199 Å². The maximum absolute atomic E-state index is 11.6. The number of hydrogen-bond acceptors (Lipinski definition) is 21. The number of ether oxygens (including phenoxy) is 4. The van der Waals surface area contributed by atoms with Gasteiger partial charge < -0.3 is 68.7 Å². The first kappa shape index (κ1) is 119. The second-order valence-electron chi connectivity index (χ2n) is 29.8. The number of carbonyl (C=O) groups is 4. The number of carbonyl (C=O) groups excluding carboxylic acids is 4. The molecule has 0 saturated carbocycles. The maximum atomic E-state index is 11.6. The normalized spacial score (nSPS) is 13.1. The summed E-state index contributed by atoms with van der Waals surface area (Å²) in [4.78, 5) is 97.2. The molecule has 0 aliphatic carbocycles. The zero-order valence-corrected chi connectivity index (χ0v) is 75.3. The number of aliphatic hydroxyl groups excluding tert-OH is 4. The number of aliphatic hydroxyl groups is 4. The summed E-state index contributed by atoms with van der Waals surface area (Å²) in [5.74, 6) is -1.70. The largest absolute Gasteiger partial charge is 0.469 e. The fraction of sp³-hybridized carbons (Fsp3) is 0.857. The van der Waals surface area contributed by atoms with Crippen LogP contribution in [0.4, 0.5) is 0 Å². The molecule has 0 aliphatic heterocycles. The highest BCUT2D eigenvalue weighted by molar-refractivity contribution is 7.80. The van der Waals surface area contributed by atoms with Crippen LogP contribution >= 0.6 is 23.5 Å². The molecule has 0 heterocycles. The quantitative estimate of drug-likeness (QED) is 0.00673. The van der Waals surface area contributed by atoms with Crippen LogP contribution in [-0.4, -0.2) is 164 Å². The topological polar surface area (TPSA) is 450 Å². The summed E-state index contributed by atoms with van der Waals surface area (Å²) >= 11 is 0. The van der Waals surface area contributed by atoms with Gasteiger partial charge in [0.05, 0.1) is 26.4 Å². The lowest BCUT2D eigenvalue weighted by atomic mass is 10.1. The highest BCUT2D eigenvalue weighted by atomic mass is 32.3. The molecule has 11 N–H and O–H groups in total. The SMILES string of the molecule is CCCCCCCC/C=C/CCCCCCCC(=O)OC[C@@H](O)COP(=O)(O)O.CCCCCCCC/C=C\CCCCCC(=O)OC[C@@H](O)COP(=O)(O)O.CCCCCCCC/C=C\CCCCCCCC(=O)OC[C@@H](O)COS(=O)(=O)O.CCCCCCCCCC/C=C\CCCCCCCC(=O)OC[C@@H](O)COP(=O)(O)O. The molecule has 0 aliphatic rings. The minimum atomic E-state index is -4.62. The smallest absolute Gasteiger partial charge is 0.463 e. The van der Waals surface area contributed by atoms with Crippen LogP contribution in [0.2, 0.25) is 0 Å². The van der Waals surface area contributed by atoms with E-state index in [9.17, 15) is 61.7 Å². The Balaban J connectivity index is -0.000000722. The molecule has 4 atom stereocenters. The molecule has 0 fully saturated rings. The minimum Gasteiger partial charge on any atom is -0.463 e. The van der Waals surface area contributed by atoms with Gasteiger partial charge in [-0.15, -0.1) is 0 Å². The van der Waals surface area contributed by atoms with Crippen molar-refractivity contribution in [2.45, 2.75) is 412 Å². The minimum absolute atomic E-state index is 0.268. The highest BCUT2D eigenvalue weighted by Crippen LogP contribution is 2.37. The van der Waals surface area contributed by atoms with Gasteiger partial charge >= 0.3 is 57.7 Å². The summed E-state index contributed by atoms with van der Waals surface area (Å²) in [5, 5.41) is 37.6. The number of unbranched alkanes of at least 4 members (excludes halogenated alkanes) is 44. The molecule has 0 saturated heterocycles. The second kappa shape index (κ2) is 88.2. The van der Waals surface area contributed by atoms with Gasteiger partial charge in [0.1, 0.15) is 50.8 Å². The van der Waals surface area contributed by atoms with E-state index in [1.807, 2.05) is 0 Å². The Morgan fingerprint density at radius 2 is 0.414 bits per heavy atom. The lowest BCUT2D eigenvalue weighted by molar-refractivity contribution is -0.148. The molecular formula is C84H163O28P3S. The number of hydrogen-bond donors (Lipinski definition) is 11. The predicted octanol–water partition coefficient (Wildman–Crippen LogP) is 19.9. The van der Waals surface area contributed by atoms with E-state index in [4.69, 9.17) is 52.9 Å². The molecule has 0 rings (SSSR count). The van der Waals surface area contributed by atoms with Crippen LogP contribution in [0.1, 0.15) is 387 Å². The predicted molar refractivity (Wildman–Crippen MR) is 457 cm³/mol. The Morgan fingerprint density at radius 1 is 0.259 bits per heavy atom. The lowest BCUT2D eigenvalue weighted by Crippen LogP contribution is -2.25. The maximum Gasteiger partial charge on any atom is 0.469 e. The summed E-state index contributed by atoms with van der Waals surface area (Å²) in [5.41, 5.74) is 0. The van der Waals surface area contributed by atoms with Gasteiger partial charge in [-0.1, -0.05) is 282 Å². The standard InChI is InChI=1S/C23H45O7P.C21H41O7P.C21H40O7S.C19H37O7P/c1-2-3-4-5-6-7-8-9-10-11-12-13-14-15-16-17-18-19-23(25)29-20-22(24)21-30-31(26,27)28;2*1-2-3-4-5-6-7-8-9-10-11-12-13-14-15-16-17-21(23)27-18-20(22)19-28-29(24,25)26;1-2-3-4-5-6-7-8-9-10-11-12-13-14-15-19(21)25-16-18(20)17-26-27(22,23)24/h11-12,22,24H,2-10,13-21H2,1H3,(H2,26,27,28);9-10,20,22H,2-8,11-19H2,1H3,(H2,24,25,26);9-10,20,22H,2-8,11-19H2,1H3,(H,24,25,26);9-10,18,20H,2-8,11-17H2,1H3,(H2,22,23,24)/b12-11-;10-9+;2*10-9-/t22-;2*20-;18-/m1111/s1. The Morgan fingerprint density at radius 3 is 0.586 bits per heavy atom. The molecule has 0 radical (unpaired) electrons. The third-order valence-corrected chi connectivity index (χ3v) is 19.9. The average molecular weight is 1750 g/mol. The van der Waals surface area contributed by atoms with Crippen LogP contribution < -0.4 is 0 Å². The van der Waals surface area contributed by atoms with E-state index in [-0.39, 0.29) is 52.1 Å². The van der Waals surface area contributed by atoms with E-state index in [0.717, 1.165) is 135 Å².